The molecule has 48 heavy (non-hydrogen) atoms. The fourth-order valence-electron chi connectivity index (χ4n) is 5.44. The van der Waals surface area contributed by atoms with E-state index in [9.17, 15) is 4.79 Å². The van der Waals surface area contributed by atoms with Crippen LogP contribution in [-0.2, 0) is 0 Å². The standard InChI is InChI=1S/C36H42Cl2N6O4/c1-23-8-11-28(25(3)24(23)2)30-22-34(48-36(45)43(5)31-20-26(37)9-12-29(31)38)41-35(40-30)39-27-10-13-32(33(21-27)46-6)47-19-7-14-44-17-15-42(4)16-18-44/h8-13,20-22H,7,14-19H2,1-6H3,(H,39,40,41). The largest absolute Gasteiger partial charge is 0.493 e. The minimum absolute atomic E-state index is 0.0578. The Hall–Kier alpha value is -4.09. The molecule has 0 saturated carbocycles. The van der Waals surface area contributed by atoms with E-state index in [2.05, 4.69) is 41.0 Å². The molecule has 2 heterocycles. The number of amides is 1. The summed E-state index contributed by atoms with van der Waals surface area (Å²) in [6.07, 6.45) is 0.230. The number of hydrogen-bond acceptors (Lipinski definition) is 9. The van der Waals surface area contributed by atoms with Crippen molar-refractivity contribution in [1.29, 1.82) is 0 Å². The van der Waals surface area contributed by atoms with Gasteiger partial charge in [0.2, 0.25) is 11.8 Å². The Kier molecular flexibility index (Phi) is 11.6. The molecule has 5 rings (SSSR count). The van der Waals surface area contributed by atoms with Crippen molar-refractivity contribution in [2.45, 2.75) is 27.2 Å². The lowest BCUT2D eigenvalue weighted by molar-refractivity contribution is 0.145. The smallest absolute Gasteiger partial charge is 0.420 e. The van der Waals surface area contributed by atoms with E-state index < -0.39 is 6.09 Å². The molecule has 1 aromatic heterocycles. The minimum Gasteiger partial charge on any atom is -0.493 e. The number of piperazine rings is 1. The summed E-state index contributed by atoms with van der Waals surface area (Å²) < 4.78 is 17.5. The lowest BCUT2D eigenvalue weighted by Crippen LogP contribution is -2.44. The van der Waals surface area contributed by atoms with Crippen LogP contribution >= 0.6 is 23.2 Å². The van der Waals surface area contributed by atoms with E-state index in [1.54, 1.807) is 38.4 Å². The van der Waals surface area contributed by atoms with E-state index in [4.69, 9.17) is 42.4 Å². The van der Waals surface area contributed by atoms with Gasteiger partial charge in [0.25, 0.3) is 0 Å². The van der Waals surface area contributed by atoms with Crippen LogP contribution in [0.3, 0.4) is 0 Å². The molecule has 0 radical (unpaired) electrons. The van der Waals surface area contributed by atoms with Crippen molar-refractivity contribution >= 4 is 46.6 Å². The molecular formula is C36H42Cl2N6O4. The molecule has 1 amide bonds. The third kappa shape index (κ3) is 8.68. The average Bonchev–Trinajstić information content (AvgIpc) is 3.07. The zero-order chi connectivity index (χ0) is 34.4. The number of aryl methyl sites for hydroxylation is 1. The fourth-order valence-corrected chi connectivity index (χ4v) is 5.85. The molecule has 254 valence electrons. The van der Waals surface area contributed by atoms with Gasteiger partial charge < -0.3 is 29.3 Å². The van der Waals surface area contributed by atoms with Crippen LogP contribution in [0.25, 0.3) is 11.3 Å². The van der Waals surface area contributed by atoms with Crippen LogP contribution in [-0.4, -0.2) is 86.4 Å². The van der Waals surface area contributed by atoms with Crippen LogP contribution in [0.2, 0.25) is 10.0 Å². The van der Waals surface area contributed by atoms with Crippen molar-refractivity contribution in [3.63, 3.8) is 0 Å². The molecule has 4 aromatic rings. The van der Waals surface area contributed by atoms with Gasteiger partial charge in [-0.1, -0.05) is 35.3 Å². The van der Waals surface area contributed by atoms with Gasteiger partial charge in [-0.05, 0) is 81.3 Å². The van der Waals surface area contributed by atoms with Crippen LogP contribution < -0.4 is 24.4 Å². The molecule has 10 nitrogen and oxygen atoms in total. The second kappa shape index (κ2) is 15.9. The van der Waals surface area contributed by atoms with Crippen molar-refractivity contribution in [3.8, 4) is 28.6 Å². The van der Waals surface area contributed by atoms with Crippen molar-refractivity contribution < 1.29 is 19.0 Å². The lowest BCUT2D eigenvalue weighted by atomic mass is 9.97. The molecule has 0 aliphatic carbocycles. The Balaban J connectivity index is 1.36. The van der Waals surface area contributed by atoms with Gasteiger partial charge in [0.05, 0.1) is 30.1 Å². The highest BCUT2D eigenvalue weighted by atomic mass is 35.5. The Morgan fingerprint density at radius 3 is 2.46 bits per heavy atom. The van der Waals surface area contributed by atoms with Crippen LogP contribution in [0.1, 0.15) is 23.1 Å². The van der Waals surface area contributed by atoms with Crippen LogP contribution in [0.4, 0.5) is 22.1 Å². The van der Waals surface area contributed by atoms with Gasteiger partial charge in [-0.25, -0.2) is 9.78 Å². The maximum atomic E-state index is 13.3. The number of halogens is 2. The molecule has 0 atom stereocenters. The monoisotopic (exact) mass is 692 g/mol. The normalized spacial score (nSPS) is 13.7. The Morgan fingerprint density at radius 2 is 1.71 bits per heavy atom. The summed E-state index contributed by atoms with van der Waals surface area (Å²) in [6, 6.07) is 16.1. The molecule has 1 N–H and O–H groups in total. The summed E-state index contributed by atoms with van der Waals surface area (Å²) in [6.45, 7) is 12.1. The van der Waals surface area contributed by atoms with Crippen LogP contribution in [0.5, 0.6) is 17.4 Å². The predicted molar refractivity (Wildman–Crippen MR) is 193 cm³/mol. The summed E-state index contributed by atoms with van der Waals surface area (Å²) in [5, 5.41) is 4.05. The Labute approximate surface area is 292 Å². The zero-order valence-corrected chi connectivity index (χ0v) is 29.8. The van der Waals surface area contributed by atoms with E-state index in [0.29, 0.717) is 45.2 Å². The summed E-state index contributed by atoms with van der Waals surface area (Å²) in [7, 11) is 5.32. The Morgan fingerprint density at radius 1 is 0.938 bits per heavy atom. The highest BCUT2D eigenvalue weighted by molar-refractivity contribution is 6.35. The number of anilines is 3. The van der Waals surface area contributed by atoms with Crippen molar-refractivity contribution in [2.75, 3.05) is 70.8 Å². The zero-order valence-electron chi connectivity index (χ0n) is 28.3. The number of nitrogens with zero attached hydrogens (tertiary/aromatic N) is 5. The van der Waals surface area contributed by atoms with E-state index in [1.807, 2.05) is 37.3 Å². The lowest BCUT2D eigenvalue weighted by Gasteiger charge is -2.32. The van der Waals surface area contributed by atoms with Gasteiger partial charge in [-0.3, -0.25) is 4.90 Å². The number of hydrogen-bond donors (Lipinski definition) is 1. The number of methoxy groups -OCH3 is 1. The number of ether oxygens (including phenoxy) is 3. The molecule has 0 unspecified atom stereocenters. The molecule has 3 aromatic carbocycles. The molecule has 0 bridgehead atoms. The molecule has 0 spiro atoms. The third-order valence-electron chi connectivity index (χ3n) is 8.66. The second-order valence-electron chi connectivity index (χ2n) is 12.0. The van der Waals surface area contributed by atoms with E-state index in [1.165, 1.54) is 10.5 Å². The van der Waals surface area contributed by atoms with Gasteiger partial charge >= 0.3 is 6.09 Å². The van der Waals surface area contributed by atoms with Gasteiger partial charge in [-0.15, -0.1) is 0 Å². The summed E-state index contributed by atoms with van der Waals surface area (Å²) in [4.78, 5) is 28.7. The molecule has 1 aliphatic heterocycles. The van der Waals surface area contributed by atoms with Gasteiger partial charge in [0, 0.05) is 68.2 Å². The molecule has 1 fully saturated rings. The minimum atomic E-state index is -0.692. The number of benzene rings is 3. The number of nitrogens with one attached hydrogen (secondary N) is 1. The first kappa shape index (κ1) is 35.2. The predicted octanol–water partition coefficient (Wildman–Crippen LogP) is 7.78. The van der Waals surface area contributed by atoms with Crippen LogP contribution in [0.15, 0.2) is 54.6 Å². The maximum Gasteiger partial charge on any atom is 0.420 e. The van der Waals surface area contributed by atoms with Crippen molar-refractivity contribution in [3.05, 3.63) is 81.3 Å². The number of carbonyl (C=O) groups is 1. The highest BCUT2D eigenvalue weighted by Gasteiger charge is 2.20. The SMILES string of the molecule is COc1cc(Nc2nc(OC(=O)N(C)c3cc(Cl)ccc3Cl)cc(-c3ccc(C)c(C)c3C)n2)ccc1OCCCN1CCN(C)CC1. The molecular weight excluding hydrogens is 651 g/mol. The fraction of sp³-hybridized carbons (Fsp3) is 0.361. The van der Waals surface area contributed by atoms with E-state index in [-0.39, 0.29) is 11.8 Å². The molecule has 1 aliphatic rings. The summed E-state index contributed by atoms with van der Waals surface area (Å²) >= 11 is 12.5. The van der Waals surface area contributed by atoms with E-state index in [0.717, 1.165) is 55.8 Å². The third-order valence-corrected chi connectivity index (χ3v) is 9.22. The second-order valence-corrected chi connectivity index (χ2v) is 12.8. The maximum absolute atomic E-state index is 13.3. The first-order valence-corrected chi connectivity index (χ1v) is 16.6. The quantitative estimate of drug-likeness (QED) is 0.158. The topological polar surface area (TPSA) is 92.3 Å². The number of rotatable bonds is 11. The first-order chi connectivity index (χ1) is 23.0. The first-order valence-electron chi connectivity index (χ1n) is 15.9. The van der Waals surface area contributed by atoms with E-state index >= 15 is 0 Å². The Bertz CT molecular complexity index is 1760. The molecule has 1 saturated heterocycles. The summed E-state index contributed by atoms with van der Waals surface area (Å²) in [5.74, 6) is 1.52. The van der Waals surface area contributed by atoms with Crippen molar-refractivity contribution in [2.24, 2.45) is 0 Å². The number of aromatic nitrogens is 2. The van der Waals surface area contributed by atoms with Crippen LogP contribution in [0, 0.1) is 20.8 Å². The van der Waals surface area contributed by atoms with Gasteiger partial charge in [0.15, 0.2) is 11.5 Å². The number of carbonyl (C=O) groups excluding carboxylic acids is 1. The summed E-state index contributed by atoms with van der Waals surface area (Å²) in [5.41, 5.74) is 5.95. The number of likely N-dealkylation sites (N-methyl/N-ethyl adjacent to an activating group) is 1. The van der Waals surface area contributed by atoms with Crippen molar-refractivity contribution in [1.82, 2.24) is 19.8 Å². The highest BCUT2D eigenvalue weighted by Crippen LogP contribution is 2.34. The van der Waals surface area contributed by atoms with Gasteiger partial charge in [0.1, 0.15) is 0 Å². The molecule has 12 heteroatoms. The average molecular weight is 694 g/mol. The van der Waals surface area contributed by atoms with Gasteiger partial charge in [-0.2, -0.15) is 4.98 Å².